The number of hydrogen-bond acceptors (Lipinski definition) is 3. The van der Waals surface area contributed by atoms with Crippen LogP contribution in [0, 0.1) is 0 Å². The van der Waals surface area contributed by atoms with Crippen LogP contribution < -0.4 is 10.9 Å². The molecule has 0 saturated carbocycles. The molecule has 0 unspecified atom stereocenters. The number of H-pyrrole nitrogens is 1. The molecule has 1 fully saturated rings. The van der Waals surface area contributed by atoms with Crippen molar-refractivity contribution in [2.24, 2.45) is 0 Å². The van der Waals surface area contributed by atoms with E-state index in [2.05, 4.69) is 21.3 Å². The number of nitrogens with zero attached hydrogens (tertiary/aromatic N) is 2. The zero-order valence-corrected chi connectivity index (χ0v) is 12.0. The topological polar surface area (TPSA) is 52.5 Å². The maximum Gasteiger partial charge on any atom is 0.272 e. The molecule has 2 aromatic rings. The van der Waals surface area contributed by atoms with Crippen LogP contribution in [0.5, 0.6) is 0 Å². The summed E-state index contributed by atoms with van der Waals surface area (Å²) in [6.07, 6.45) is 8.49. The van der Waals surface area contributed by atoms with Gasteiger partial charge in [-0.05, 0) is 30.5 Å². The highest BCUT2D eigenvalue weighted by Crippen LogP contribution is 2.29. The van der Waals surface area contributed by atoms with Crippen molar-refractivity contribution >= 4 is 11.1 Å². The largest absolute Gasteiger partial charge is 0.319 e. The minimum absolute atomic E-state index is 0.0102. The fraction of sp³-hybridized carbons (Fsp3) is 0.438. The van der Waals surface area contributed by atoms with Crippen molar-refractivity contribution in [2.75, 3.05) is 26.2 Å². The third-order valence-corrected chi connectivity index (χ3v) is 4.60. The zero-order chi connectivity index (χ0) is 14.2. The van der Waals surface area contributed by atoms with Gasteiger partial charge in [-0.2, -0.15) is 0 Å². The van der Waals surface area contributed by atoms with Gasteiger partial charge in [-0.25, -0.2) is 0 Å². The molecule has 1 aliphatic heterocycles. The Labute approximate surface area is 123 Å². The van der Waals surface area contributed by atoms with Crippen molar-refractivity contribution in [1.82, 2.24) is 19.6 Å². The molecule has 4 rings (SSSR count). The minimum Gasteiger partial charge on any atom is -0.319 e. The Morgan fingerprint density at radius 1 is 1.24 bits per heavy atom. The Balaban J connectivity index is 1.64. The van der Waals surface area contributed by atoms with Crippen molar-refractivity contribution in [3.8, 4) is 0 Å². The van der Waals surface area contributed by atoms with Gasteiger partial charge in [0.2, 0.25) is 0 Å². The molecule has 2 N–H and O–H groups in total. The number of fused-ring (bicyclic) bond motifs is 1. The average Bonchev–Trinajstić information content (AvgIpc) is 3.17. The second kappa shape index (κ2) is 5.16. The van der Waals surface area contributed by atoms with Crippen LogP contribution in [0.25, 0.3) is 11.1 Å². The minimum atomic E-state index is -0.0102. The summed E-state index contributed by atoms with van der Waals surface area (Å²) in [6, 6.07) is 4.27. The Bertz CT molecular complexity index is 736. The van der Waals surface area contributed by atoms with Gasteiger partial charge in [0.05, 0.1) is 5.69 Å². The molecule has 0 bridgehead atoms. The summed E-state index contributed by atoms with van der Waals surface area (Å²) in [7, 11) is 0. The summed E-state index contributed by atoms with van der Waals surface area (Å²) in [6.45, 7) is 4.38. The molecule has 5 heteroatoms. The van der Waals surface area contributed by atoms with Crippen LogP contribution in [-0.4, -0.2) is 46.5 Å². The fourth-order valence-corrected chi connectivity index (χ4v) is 3.45. The third kappa shape index (κ3) is 2.32. The first-order chi connectivity index (χ1) is 10.3. The quantitative estimate of drug-likeness (QED) is 0.867. The summed E-state index contributed by atoms with van der Waals surface area (Å²) >= 11 is 0. The highest BCUT2D eigenvalue weighted by atomic mass is 16.1. The molecule has 1 saturated heterocycles. The molecular formula is C16H20N4O. The van der Waals surface area contributed by atoms with E-state index in [0.29, 0.717) is 11.6 Å². The molecule has 0 amide bonds. The Morgan fingerprint density at radius 3 is 2.95 bits per heavy atom. The van der Waals surface area contributed by atoms with Gasteiger partial charge in [0.25, 0.3) is 5.56 Å². The lowest BCUT2D eigenvalue weighted by atomic mass is 10.2. The van der Waals surface area contributed by atoms with E-state index in [9.17, 15) is 4.79 Å². The van der Waals surface area contributed by atoms with Crippen molar-refractivity contribution in [3.05, 3.63) is 46.7 Å². The van der Waals surface area contributed by atoms with Crippen molar-refractivity contribution < 1.29 is 0 Å². The number of allylic oxidation sites excluding steroid dienone is 1. The molecule has 1 aliphatic carbocycles. The lowest BCUT2D eigenvalue weighted by Gasteiger charge is -2.31. The number of piperazine rings is 1. The van der Waals surface area contributed by atoms with Gasteiger partial charge in [-0.3, -0.25) is 9.69 Å². The highest BCUT2D eigenvalue weighted by Gasteiger charge is 2.24. The molecule has 3 heterocycles. The van der Waals surface area contributed by atoms with E-state index in [-0.39, 0.29) is 5.56 Å². The van der Waals surface area contributed by atoms with E-state index in [4.69, 9.17) is 0 Å². The Kier molecular flexibility index (Phi) is 3.16. The van der Waals surface area contributed by atoms with Gasteiger partial charge in [-0.15, -0.1) is 0 Å². The maximum atomic E-state index is 12.1. The van der Waals surface area contributed by atoms with Gasteiger partial charge in [0.1, 0.15) is 5.52 Å². The molecule has 21 heavy (non-hydrogen) atoms. The second-order valence-electron chi connectivity index (χ2n) is 5.88. The van der Waals surface area contributed by atoms with Crippen molar-refractivity contribution in [2.45, 2.75) is 18.9 Å². The van der Waals surface area contributed by atoms with E-state index in [1.807, 2.05) is 28.9 Å². The Hall–Kier alpha value is -1.85. The summed E-state index contributed by atoms with van der Waals surface area (Å²) < 4.78 is 1.91. The first-order valence-corrected chi connectivity index (χ1v) is 7.67. The SMILES string of the molecule is O=c1[nH]c(C2=C[C@H](N3CCNCC3)CC2)cn2cccc12. The van der Waals surface area contributed by atoms with Gasteiger partial charge >= 0.3 is 0 Å². The Morgan fingerprint density at radius 2 is 2.10 bits per heavy atom. The standard InChI is InChI=1S/C16H20N4O/c21-16-15-2-1-7-20(15)11-14(18-16)12-3-4-13(10-12)19-8-5-17-6-9-19/h1-2,7,10-11,13,17H,3-6,8-9H2,(H,18,21)/t13-/m1/s1. The lowest BCUT2D eigenvalue weighted by Crippen LogP contribution is -2.47. The molecule has 2 aromatic heterocycles. The van der Waals surface area contributed by atoms with Crippen LogP contribution in [0.15, 0.2) is 35.4 Å². The van der Waals surface area contributed by atoms with Gasteiger partial charge in [-0.1, -0.05) is 6.08 Å². The number of nitrogens with one attached hydrogen (secondary N) is 2. The zero-order valence-electron chi connectivity index (χ0n) is 12.0. The molecule has 0 radical (unpaired) electrons. The van der Waals surface area contributed by atoms with Crippen LogP contribution >= 0.6 is 0 Å². The molecule has 5 nitrogen and oxygen atoms in total. The van der Waals surface area contributed by atoms with Crippen molar-refractivity contribution in [1.29, 1.82) is 0 Å². The predicted octanol–water partition coefficient (Wildman–Crippen LogP) is 1.08. The number of rotatable bonds is 2. The molecular weight excluding hydrogens is 264 g/mol. The van der Waals surface area contributed by atoms with E-state index >= 15 is 0 Å². The first-order valence-electron chi connectivity index (χ1n) is 7.67. The van der Waals surface area contributed by atoms with E-state index < -0.39 is 0 Å². The summed E-state index contributed by atoms with van der Waals surface area (Å²) in [4.78, 5) is 17.6. The van der Waals surface area contributed by atoms with Crippen LogP contribution in [0.2, 0.25) is 0 Å². The van der Waals surface area contributed by atoms with Gasteiger partial charge in [0, 0.05) is 44.6 Å². The predicted molar refractivity (Wildman–Crippen MR) is 83.5 cm³/mol. The van der Waals surface area contributed by atoms with Crippen LogP contribution in [0.3, 0.4) is 0 Å². The van der Waals surface area contributed by atoms with E-state index in [1.54, 1.807) is 0 Å². The summed E-state index contributed by atoms with van der Waals surface area (Å²) in [5, 5.41) is 3.39. The van der Waals surface area contributed by atoms with Gasteiger partial charge in [0.15, 0.2) is 0 Å². The van der Waals surface area contributed by atoms with Crippen LogP contribution in [0.1, 0.15) is 18.5 Å². The summed E-state index contributed by atoms with van der Waals surface area (Å²) in [5.41, 5.74) is 2.92. The normalized spacial score (nSPS) is 23.6. The second-order valence-corrected chi connectivity index (χ2v) is 5.88. The number of hydrogen-bond donors (Lipinski definition) is 2. The third-order valence-electron chi connectivity index (χ3n) is 4.60. The van der Waals surface area contributed by atoms with Gasteiger partial charge < -0.3 is 14.7 Å². The average molecular weight is 284 g/mol. The number of aromatic amines is 1. The molecule has 0 aromatic carbocycles. The molecule has 1 atom stereocenters. The van der Waals surface area contributed by atoms with Crippen LogP contribution in [-0.2, 0) is 0 Å². The molecule has 110 valence electrons. The van der Waals surface area contributed by atoms with E-state index in [0.717, 1.165) is 44.7 Å². The lowest BCUT2D eigenvalue weighted by molar-refractivity contribution is 0.200. The summed E-state index contributed by atoms with van der Waals surface area (Å²) in [5.74, 6) is 0. The maximum absolute atomic E-state index is 12.1. The van der Waals surface area contributed by atoms with E-state index in [1.165, 1.54) is 5.57 Å². The first kappa shape index (κ1) is 12.9. The smallest absolute Gasteiger partial charge is 0.272 e. The van der Waals surface area contributed by atoms with Crippen molar-refractivity contribution in [3.63, 3.8) is 0 Å². The highest BCUT2D eigenvalue weighted by molar-refractivity contribution is 5.66. The molecule has 2 aliphatic rings. The fourth-order valence-electron chi connectivity index (χ4n) is 3.45. The molecule has 0 spiro atoms. The number of aromatic nitrogens is 2. The monoisotopic (exact) mass is 284 g/mol. The van der Waals surface area contributed by atoms with Crippen LogP contribution in [0.4, 0.5) is 0 Å².